The number of benzene rings is 1. The van der Waals surface area contributed by atoms with Crippen LogP contribution in [0.4, 0.5) is 0 Å². The van der Waals surface area contributed by atoms with Gasteiger partial charge in [-0.2, -0.15) is 0 Å². The van der Waals surface area contributed by atoms with Crippen molar-refractivity contribution in [3.63, 3.8) is 0 Å². The maximum atomic E-state index is 9.69. The molecule has 3 heteroatoms. The first-order valence-electron chi connectivity index (χ1n) is 7.16. The topological polar surface area (TPSA) is 45.4 Å². The number of hydrogen-bond acceptors (Lipinski definition) is 3. The first-order valence-corrected chi connectivity index (χ1v) is 7.16. The zero-order chi connectivity index (χ0) is 14.4. The maximum Gasteiger partial charge on any atom is 0.120 e. The maximum absolute atomic E-state index is 9.69. The van der Waals surface area contributed by atoms with E-state index in [4.69, 9.17) is 4.42 Å². The van der Waals surface area contributed by atoms with Gasteiger partial charge < -0.3 is 14.8 Å². The second-order valence-corrected chi connectivity index (χ2v) is 5.34. The molecule has 3 unspecified atom stereocenters. The monoisotopic (exact) mass is 273 g/mol. The number of rotatable bonds is 7. The van der Waals surface area contributed by atoms with Crippen molar-refractivity contribution in [1.82, 2.24) is 5.32 Å². The summed E-state index contributed by atoms with van der Waals surface area (Å²) in [6.45, 7) is 4.74. The highest BCUT2D eigenvalue weighted by atomic mass is 16.3. The molecular weight excluding hydrogens is 250 g/mol. The van der Waals surface area contributed by atoms with Crippen LogP contribution in [-0.4, -0.2) is 17.8 Å². The lowest BCUT2D eigenvalue weighted by Crippen LogP contribution is -2.26. The summed E-state index contributed by atoms with van der Waals surface area (Å²) in [4.78, 5) is 0. The van der Waals surface area contributed by atoms with Gasteiger partial charge in [-0.15, -0.1) is 0 Å². The van der Waals surface area contributed by atoms with Crippen LogP contribution in [0.25, 0.3) is 0 Å². The Kier molecular flexibility index (Phi) is 5.39. The van der Waals surface area contributed by atoms with E-state index in [9.17, 15) is 5.11 Å². The Bertz CT molecular complexity index is 479. The van der Waals surface area contributed by atoms with Crippen molar-refractivity contribution in [2.75, 3.05) is 6.54 Å². The number of aliphatic hydroxyl groups is 1. The fourth-order valence-electron chi connectivity index (χ4n) is 2.43. The highest BCUT2D eigenvalue weighted by molar-refractivity contribution is 5.20. The van der Waals surface area contributed by atoms with Crippen molar-refractivity contribution in [2.24, 2.45) is 0 Å². The van der Waals surface area contributed by atoms with Crippen molar-refractivity contribution in [3.8, 4) is 0 Å². The van der Waals surface area contributed by atoms with Gasteiger partial charge in [0.25, 0.3) is 0 Å². The molecule has 0 saturated carbocycles. The first-order chi connectivity index (χ1) is 9.66. The van der Waals surface area contributed by atoms with E-state index in [1.807, 2.05) is 37.3 Å². The fraction of sp³-hybridized carbons (Fsp3) is 0.412. The lowest BCUT2D eigenvalue weighted by molar-refractivity contribution is 0.172. The van der Waals surface area contributed by atoms with Gasteiger partial charge in [0.05, 0.1) is 18.4 Å². The second kappa shape index (κ2) is 7.27. The molecule has 0 fully saturated rings. The van der Waals surface area contributed by atoms with Gasteiger partial charge in [0.2, 0.25) is 0 Å². The summed E-state index contributed by atoms with van der Waals surface area (Å²) in [6, 6.07) is 14.4. The molecule has 1 heterocycles. The molecule has 3 atom stereocenters. The van der Waals surface area contributed by atoms with Gasteiger partial charge in [-0.1, -0.05) is 30.3 Å². The van der Waals surface area contributed by atoms with E-state index in [0.717, 1.165) is 18.7 Å². The van der Waals surface area contributed by atoms with E-state index in [0.29, 0.717) is 5.92 Å². The normalized spacial score (nSPS) is 15.8. The lowest BCUT2D eigenvalue weighted by Gasteiger charge is -2.21. The molecule has 0 bridgehead atoms. The Morgan fingerprint density at radius 2 is 1.85 bits per heavy atom. The van der Waals surface area contributed by atoms with E-state index in [-0.39, 0.29) is 12.1 Å². The van der Waals surface area contributed by atoms with Gasteiger partial charge in [0, 0.05) is 6.54 Å². The molecule has 0 saturated heterocycles. The Morgan fingerprint density at radius 3 is 2.45 bits per heavy atom. The lowest BCUT2D eigenvalue weighted by atomic mass is 9.93. The van der Waals surface area contributed by atoms with Crippen molar-refractivity contribution in [3.05, 3.63) is 60.1 Å². The Morgan fingerprint density at radius 1 is 1.10 bits per heavy atom. The largest absolute Gasteiger partial charge is 0.468 e. The molecule has 0 radical (unpaired) electrons. The molecule has 20 heavy (non-hydrogen) atoms. The zero-order valence-corrected chi connectivity index (χ0v) is 12.1. The number of nitrogens with one attached hydrogen (secondary N) is 1. The molecule has 2 N–H and O–H groups in total. The van der Waals surface area contributed by atoms with Crippen LogP contribution < -0.4 is 5.32 Å². The van der Waals surface area contributed by atoms with Gasteiger partial charge in [-0.05, 0) is 43.9 Å². The molecule has 2 aromatic rings. The average molecular weight is 273 g/mol. The van der Waals surface area contributed by atoms with E-state index in [1.165, 1.54) is 5.56 Å². The minimum absolute atomic E-state index is 0.171. The van der Waals surface area contributed by atoms with Gasteiger partial charge in [0.15, 0.2) is 0 Å². The quantitative estimate of drug-likeness (QED) is 0.811. The van der Waals surface area contributed by atoms with Crippen LogP contribution in [0, 0.1) is 0 Å². The summed E-state index contributed by atoms with van der Waals surface area (Å²) in [7, 11) is 0. The Hall–Kier alpha value is -1.58. The molecule has 0 aliphatic heterocycles. The standard InChI is InChI=1S/C17H23NO2/c1-13(19)11-16(15-7-4-3-5-8-15)12-18-14(2)17-9-6-10-20-17/h3-10,13-14,16,18-19H,11-12H2,1-2H3. The van der Waals surface area contributed by atoms with Gasteiger partial charge >= 0.3 is 0 Å². The zero-order valence-electron chi connectivity index (χ0n) is 12.1. The Labute approximate surface area is 120 Å². The first kappa shape index (κ1) is 14.8. The van der Waals surface area contributed by atoms with E-state index < -0.39 is 0 Å². The predicted molar refractivity (Wildman–Crippen MR) is 80.6 cm³/mol. The summed E-state index contributed by atoms with van der Waals surface area (Å²) < 4.78 is 5.40. The van der Waals surface area contributed by atoms with Crippen LogP contribution in [0.3, 0.4) is 0 Å². The van der Waals surface area contributed by atoms with Gasteiger partial charge in [-0.25, -0.2) is 0 Å². The highest BCUT2D eigenvalue weighted by Crippen LogP contribution is 2.22. The summed E-state index contributed by atoms with van der Waals surface area (Å²) in [5, 5.41) is 13.2. The molecule has 2 rings (SSSR count). The molecule has 3 nitrogen and oxygen atoms in total. The number of furan rings is 1. The molecule has 0 amide bonds. The van der Waals surface area contributed by atoms with Crippen molar-refractivity contribution >= 4 is 0 Å². The predicted octanol–water partition coefficient (Wildman–Crippen LogP) is 3.48. The minimum atomic E-state index is -0.305. The molecule has 0 aliphatic carbocycles. The van der Waals surface area contributed by atoms with Crippen LogP contribution >= 0.6 is 0 Å². The molecular formula is C17H23NO2. The summed E-state index contributed by atoms with van der Waals surface area (Å²) in [6.07, 6.45) is 2.14. The summed E-state index contributed by atoms with van der Waals surface area (Å²) in [5.74, 6) is 1.24. The summed E-state index contributed by atoms with van der Waals surface area (Å²) in [5.41, 5.74) is 1.26. The van der Waals surface area contributed by atoms with Crippen LogP contribution in [0.5, 0.6) is 0 Å². The number of aliphatic hydroxyl groups excluding tert-OH is 1. The number of hydrogen-bond donors (Lipinski definition) is 2. The second-order valence-electron chi connectivity index (χ2n) is 5.34. The van der Waals surface area contributed by atoms with Crippen molar-refractivity contribution in [2.45, 2.75) is 38.3 Å². The average Bonchev–Trinajstić information content (AvgIpc) is 2.98. The molecule has 1 aromatic carbocycles. The smallest absolute Gasteiger partial charge is 0.120 e. The third kappa shape index (κ3) is 4.22. The van der Waals surface area contributed by atoms with Crippen LogP contribution in [0.2, 0.25) is 0 Å². The highest BCUT2D eigenvalue weighted by Gasteiger charge is 2.16. The van der Waals surface area contributed by atoms with Crippen molar-refractivity contribution in [1.29, 1.82) is 0 Å². The van der Waals surface area contributed by atoms with Crippen LogP contribution in [0.1, 0.15) is 43.6 Å². The SMILES string of the molecule is CC(O)CC(CNC(C)c1ccco1)c1ccccc1. The van der Waals surface area contributed by atoms with Gasteiger partial charge in [0.1, 0.15) is 5.76 Å². The fourth-order valence-corrected chi connectivity index (χ4v) is 2.43. The van der Waals surface area contributed by atoms with E-state index >= 15 is 0 Å². The third-order valence-corrected chi connectivity index (χ3v) is 3.54. The van der Waals surface area contributed by atoms with E-state index in [1.54, 1.807) is 6.26 Å². The molecule has 0 spiro atoms. The van der Waals surface area contributed by atoms with Gasteiger partial charge in [-0.3, -0.25) is 0 Å². The Balaban J connectivity index is 1.98. The molecule has 108 valence electrons. The summed E-state index contributed by atoms with van der Waals surface area (Å²) >= 11 is 0. The molecule has 1 aromatic heterocycles. The third-order valence-electron chi connectivity index (χ3n) is 3.54. The minimum Gasteiger partial charge on any atom is -0.468 e. The van der Waals surface area contributed by atoms with Crippen LogP contribution in [0.15, 0.2) is 53.1 Å². The van der Waals surface area contributed by atoms with Crippen LogP contribution in [-0.2, 0) is 0 Å². The van der Waals surface area contributed by atoms with Crippen molar-refractivity contribution < 1.29 is 9.52 Å². The van der Waals surface area contributed by atoms with E-state index in [2.05, 4.69) is 24.4 Å². The molecule has 0 aliphatic rings.